The van der Waals surface area contributed by atoms with E-state index in [-0.39, 0.29) is 11.5 Å². The highest BCUT2D eigenvalue weighted by molar-refractivity contribution is 5.38. The predicted molar refractivity (Wildman–Crippen MR) is 76.8 cm³/mol. The lowest BCUT2D eigenvalue weighted by Gasteiger charge is -2.32. The molecule has 0 fully saturated rings. The molecule has 3 heteroatoms. The van der Waals surface area contributed by atoms with E-state index in [1.807, 2.05) is 6.07 Å². The van der Waals surface area contributed by atoms with Gasteiger partial charge in [-0.1, -0.05) is 32.9 Å². The van der Waals surface area contributed by atoms with Gasteiger partial charge in [-0.15, -0.1) is 0 Å². The van der Waals surface area contributed by atoms with Crippen LogP contribution >= 0.6 is 0 Å². The van der Waals surface area contributed by atoms with Crippen LogP contribution in [0.1, 0.15) is 44.4 Å². The van der Waals surface area contributed by atoms with Gasteiger partial charge in [-0.3, -0.25) is 0 Å². The fourth-order valence-electron chi connectivity index (χ4n) is 2.25. The Morgan fingerprint density at radius 2 is 2.00 bits per heavy atom. The minimum Gasteiger partial charge on any atom is -0.496 e. The number of rotatable bonds is 6. The Hall–Kier alpha value is -1.06. The second-order valence-corrected chi connectivity index (χ2v) is 5.43. The fraction of sp³-hybridized carbons (Fsp3) is 0.600. The second-order valence-electron chi connectivity index (χ2n) is 5.43. The van der Waals surface area contributed by atoms with Crippen molar-refractivity contribution in [3.05, 3.63) is 29.3 Å². The molecule has 0 spiro atoms. The molecule has 18 heavy (non-hydrogen) atoms. The van der Waals surface area contributed by atoms with Gasteiger partial charge in [-0.2, -0.15) is 0 Å². The number of aryl methyl sites for hydroxylation is 1. The van der Waals surface area contributed by atoms with Gasteiger partial charge in [0.1, 0.15) is 5.75 Å². The SMILES string of the molecule is CCc1cc(C(N)C(C)(C)CCN)ccc1OC. The van der Waals surface area contributed by atoms with Crippen molar-refractivity contribution in [2.45, 2.75) is 39.7 Å². The molecule has 0 aliphatic rings. The van der Waals surface area contributed by atoms with E-state index in [9.17, 15) is 0 Å². The summed E-state index contributed by atoms with van der Waals surface area (Å²) in [5.41, 5.74) is 14.4. The monoisotopic (exact) mass is 250 g/mol. The molecule has 0 saturated carbocycles. The third-order valence-electron chi connectivity index (χ3n) is 3.68. The van der Waals surface area contributed by atoms with Crippen molar-refractivity contribution in [3.8, 4) is 5.75 Å². The number of methoxy groups -OCH3 is 1. The maximum atomic E-state index is 6.38. The minimum atomic E-state index is -0.00254. The van der Waals surface area contributed by atoms with Gasteiger partial charge in [0.2, 0.25) is 0 Å². The summed E-state index contributed by atoms with van der Waals surface area (Å²) in [5.74, 6) is 0.935. The molecule has 1 aromatic rings. The maximum absolute atomic E-state index is 6.38. The molecule has 1 unspecified atom stereocenters. The standard InChI is InChI=1S/C15H26N2O/c1-5-11-10-12(6-7-13(11)18-4)14(17)15(2,3)8-9-16/h6-7,10,14H,5,8-9,16-17H2,1-4H3. The zero-order valence-electron chi connectivity index (χ0n) is 12.0. The normalized spacial score (nSPS) is 13.4. The van der Waals surface area contributed by atoms with Crippen LogP contribution in [0, 0.1) is 5.41 Å². The van der Waals surface area contributed by atoms with Crippen molar-refractivity contribution in [2.24, 2.45) is 16.9 Å². The molecule has 102 valence electrons. The Bertz CT molecular complexity index is 388. The van der Waals surface area contributed by atoms with Crippen LogP contribution in [0.5, 0.6) is 5.75 Å². The summed E-state index contributed by atoms with van der Waals surface area (Å²) in [4.78, 5) is 0. The van der Waals surface area contributed by atoms with E-state index in [0.29, 0.717) is 6.54 Å². The molecular weight excluding hydrogens is 224 g/mol. The van der Waals surface area contributed by atoms with Crippen molar-refractivity contribution < 1.29 is 4.74 Å². The lowest BCUT2D eigenvalue weighted by atomic mass is 9.78. The van der Waals surface area contributed by atoms with Crippen LogP contribution in [-0.4, -0.2) is 13.7 Å². The van der Waals surface area contributed by atoms with Crippen LogP contribution in [0.25, 0.3) is 0 Å². The first-order chi connectivity index (χ1) is 8.46. The van der Waals surface area contributed by atoms with Crippen LogP contribution in [0.4, 0.5) is 0 Å². The van der Waals surface area contributed by atoms with Crippen molar-refractivity contribution >= 4 is 0 Å². The van der Waals surface area contributed by atoms with Crippen molar-refractivity contribution in [3.63, 3.8) is 0 Å². The highest BCUT2D eigenvalue weighted by Gasteiger charge is 2.27. The zero-order valence-corrected chi connectivity index (χ0v) is 12.0. The third kappa shape index (κ3) is 3.24. The smallest absolute Gasteiger partial charge is 0.122 e. The highest BCUT2D eigenvalue weighted by Crippen LogP contribution is 2.35. The number of nitrogens with two attached hydrogens (primary N) is 2. The molecule has 1 rings (SSSR count). The summed E-state index contributed by atoms with van der Waals surface area (Å²) in [6, 6.07) is 6.21. The van der Waals surface area contributed by atoms with Crippen LogP contribution in [-0.2, 0) is 6.42 Å². The van der Waals surface area contributed by atoms with E-state index in [1.165, 1.54) is 5.56 Å². The van der Waals surface area contributed by atoms with E-state index >= 15 is 0 Å². The van der Waals surface area contributed by atoms with E-state index in [2.05, 4.69) is 32.9 Å². The Labute approximate surface area is 111 Å². The Balaban J connectivity index is 3.03. The first-order valence-electron chi connectivity index (χ1n) is 6.58. The van der Waals surface area contributed by atoms with Crippen LogP contribution in [0.15, 0.2) is 18.2 Å². The molecule has 4 N–H and O–H groups in total. The van der Waals surface area contributed by atoms with E-state index in [4.69, 9.17) is 16.2 Å². The van der Waals surface area contributed by atoms with Gasteiger partial charge in [0.15, 0.2) is 0 Å². The first kappa shape index (κ1) is 15.0. The van der Waals surface area contributed by atoms with E-state index in [1.54, 1.807) is 7.11 Å². The molecule has 0 radical (unpaired) electrons. The zero-order chi connectivity index (χ0) is 13.8. The van der Waals surface area contributed by atoms with Crippen molar-refractivity contribution in [1.29, 1.82) is 0 Å². The lowest BCUT2D eigenvalue weighted by molar-refractivity contribution is 0.270. The van der Waals surface area contributed by atoms with Gasteiger partial charge in [-0.25, -0.2) is 0 Å². The number of benzene rings is 1. The quantitative estimate of drug-likeness (QED) is 0.816. The molecular formula is C15H26N2O. The lowest BCUT2D eigenvalue weighted by Crippen LogP contribution is -2.31. The van der Waals surface area contributed by atoms with Crippen molar-refractivity contribution in [1.82, 2.24) is 0 Å². The summed E-state index contributed by atoms with van der Waals surface area (Å²) >= 11 is 0. The Morgan fingerprint density at radius 3 is 2.50 bits per heavy atom. The molecule has 0 saturated heterocycles. The molecule has 3 nitrogen and oxygen atoms in total. The van der Waals surface area contributed by atoms with Gasteiger partial charge < -0.3 is 16.2 Å². The van der Waals surface area contributed by atoms with Crippen LogP contribution < -0.4 is 16.2 Å². The first-order valence-corrected chi connectivity index (χ1v) is 6.58. The molecule has 0 bridgehead atoms. The van der Waals surface area contributed by atoms with Gasteiger partial charge in [0.25, 0.3) is 0 Å². The summed E-state index contributed by atoms with van der Waals surface area (Å²) in [6.07, 6.45) is 1.86. The molecule has 0 aromatic heterocycles. The van der Waals surface area contributed by atoms with Gasteiger partial charge >= 0.3 is 0 Å². The second kappa shape index (κ2) is 6.21. The largest absolute Gasteiger partial charge is 0.496 e. The van der Waals surface area contributed by atoms with Gasteiger partial charge in [0.05, 0.1) is 7.11 Å². The third-order valence-corrected chi connectivity index (χ3v) is 3.68. The highest BCUT2D eigenvalue weighted by atomic mass is 16.5. The summed E-state index contributed by atoms with van der Waals surface area (Å²) in [7, 11) is 1.70. The van der Waals surface area contributed by atoms with Crippen molar-refractivity contribution in [2.75, 3.05) is 13.7 Å². The van der Waals surface area contributed by atoms with E-state index in [0.717, 1.165) is 24.2 Å². The topological polar surface area (TPSA) is 61.3 Å². The summed E-state index contributed by atoms with van der Waals surface area (Å²) < 4.78 is 5.34. The Kier molecular flexibility index (Phi) is 5.17. The van der Waals surface area contributed by atoms with E-state index < -0.39 is 0 Å². The maximum Gasteiger partial charge on any atom is 0.122 e. The summed E-state index contributed by atoms with van der Waals surface area (Å²) in [6.45, 7) is 7.12. The Morgan fingerprint density at radius 1 is 1.33 bits per heavy atom. The molecule has 0 aliphatic carbocycles. The number of hydrogen-bond donors (Lipinski definition) is 2. The van der Waals surface area contributed by atoms with Gasteiger partial charge in [0, 0.05) is 6.04 Å². The molecule has 0 aliphatic heterocycles. The number of hydrogen-bond acceptors (Lipinski definition) is 3. The van der Waals surface area contributed by atoms with Crippen LogP contribution in [0.3, 0.4) is 0 Å². The fourth-order valence-corrected chi connectivity index (χ4v) is 2.25. The molecule has 0 heterocycles. The van der Waals surface area contributed by atoms with Gasteiger partial charge in [-0.05, 0) is 42.0 Å². The molecule has 0 amide bonds. The average Bonchev–Trinajstić information content (AvgIpc) is 2.36. The molecule has 1 atom stereocenters. The van der Waals surface area contributed by atoms with Crippen LogP contribution in [0.2, 0.25) is 0 Å². The minimum absolute atomic E-state index is 0.00254. The predicted octanol–water partition coefficient (Wildman–Crippen LogP) is 2.63. The summed E-state index contributed by atoms with van der Waals surface area (Å²) in [5, 5.41) is 0. The average molecular weight is 250 g/mol. The molecule has 1 aromatic carbocycles. The number of ether oxygens (including phenoxy) is 1.